The zero-order valence-corrected chi connectivity index (χ0v) is 11.2. The van der Waals surface area contributed by atoms with Gasteiger partial charge in [0.25, 0.3) is 0 Å². The highest BCUT2D eigenvalue weighted by Gasteiger charge is 2.06. The van der Waals surface area contributed by atoms with Gasteiger partial charge in [-0.05, 0) is 12.8 Å². The Bertz CT molecular complexity index is 341. The number of hydrogen-bond donors (Lipinski definition) is 1. The maximum atomic E-state index is 5.45. The largest absolute Gasteiger partial charge is 0.461 e. The van der Waals surface area contributed by atoms with E-state index in [1.165, 1.54) is 0 Å². The van der Waals surface area contributed by atoms with Crippen molar-refractivity contribution in [3.63, 3.8) is 0 Å². The Balaban J connectivity index is 2.48. The van der Waals surface area contributed by atoms with Crippen LogP contribution in [0.15, 0.2) is 0 Å². The van der Waals surface area contributed by atoms with Gasteiger partial charge in [0, 0.05) is 12.6 Å². The Labute approximate surface area is 103 Å². The van der Waals surface area contributed by atoms with E-state index in [2.05, 4.69) is 48.2 Å². The molecule has 96 valence electrons. The van der Waals surface area contributed by atoms with Crippen LogP contribution in [0, 0.1) is 0 Å². The maximum Gasteiger partial charge on any atom is 0.335 e. The summed E-state index contributed by atoms with van der Waals surface area (Å²) in [6.45, 7) is 9.67. The first-order valence-corrected chi connectivity index (χ1v) is 6.26. The molecule has 5 heteroatoms. The molecule has 0 radical (unpaired) electrons. The van der Waals surface area contributed by atoms with Gasteiger partial charge >= 0.3 is 6.01 Å². The summed E-state index contributed by atoms with van der Waals surface area (Å²) < 4.78 is 5.45. The molecule has 0 unspecified atom stereocenters. The van der Waals surface area contributed by atoms with E-state index in [1.54, 1.807) is 0 Å². The molecule has 0 amide bonds. The highest BCUT2D eigenvalue weighted by atomic mass is 16.5. The third kappa shape index (κ3) is 4.65. The van der Waals surface area contributed by atoms with E-state index in [9.17, 15) is 0 Å². The van der Waals surface area contributed by atoms with Gasteiger partial charge in [-0.3, -0.25) is 0 Å². The Morgan fingerprint density at radius 2 is 1.82 bits per heavy atom. The van der Waals surface area contributed by atoms with Crippen LogP contribution in [0.25, 0.3) is 0 Å². The normalized spacial score (nSPS) is 10.9. The molecule has 0 aliphatic rings. The Kier molecular flexibility index (Phi) is 5.83. The fraction of sp³-hybridized carbons (Fsp3) is 0.750. The molecule has 0 bridgehead atoms. The molecule has 0 fully saturated rings. The van der Waals surface area contributed by atoms with Crippen LogP contribution >= 0.6 is 0 Å². The predicted molar refractivity (Wildman–Crippen MR) is 67.2 cm³/mol. The van der Waals surface area contributed by atoms with Gasteiger partial charge < -0.3 is 10.1 Å². The van der Waals surface area contributed by atoms with Crippen molar-refractivity contribution in [2.45, 2.75) is 46.6 Å². The molecule has 1 heterocycles. The van der Waals surface area contributed by atoms with Gasteiger partial charge in [0.05, 0.1) is 11.4 Å². The Hall–Kier alpha value is -1.23. The maximum absolute atomic E-state index is 5.45. The molecule has 0 spiro atoms. The first-order chi connectivity index (χ1) is 8.17. The summed E-state index contributed by atoms with van der Waals surface area (Å²) in [5.74, 6) is 0. The van der Waals surface area contributed by atoms with Crippen molar-refractivity contribution in [3.8, 4) is 6.01 Å². The molecule has 1 N–H and O–H groups in total. The van der Waals surface area contributed by atoms with Crippen molar-refractivity contribution in [3.05, 3.63) is 11.4 Å². The van der Waals surface area contributed by atoms with Crippen LogP contribution in [0.2, 0.25) is 0 Å². The summed E-state index contributed by atoms with van der Waals surface area (Å²) in [6, 6.07) is 0.843. The van der Waals surface area contributed by atoms with Gasteiger partial charge in [-0.15, -0.1) is 5.10 Å². The number of hydrogen-bond acceptors (Lipinski definition) is 5. The standard InChI is InChI=1S/C12H22N4O/c1-5-10-11(6-2)15-16-12(14-10)17-8-7-13-9(3)4/h9,13H,5-8H2,1-4H3. The lowest BCUT2D eigenvalue weighted by Gasteiger charge is -2.09. The molecule has 5 nitrogen and oxygen atoms in total. The second-order valence-corrected chi connectivity index (χ2v) is 4.15. The average Bonchev–Trinajstić information content (AvgIpc) is 2.34. The van der Waals surface area contributed by atoms with Gasteiger partial charge in [-0.1, -0.05) is 32.8 Å². The number of rotatable bonds is 7. The number of nitrogens with one attached hydrogen (secondary N) is 1. The number of nitrogens with zero attached hydrogens (tertiary/aromatic N) is 3. The number of aryl methyl sites for hydroxylation is 2. The Morgan fingerprint density at radius 1 is 1.12 bits per heavy atom. The smallest absolute Gasteiger partial charge is 0.335 e. The van der Waals surface area contributed by atoms with E-state index in [4.69, 9.17) is 4.74 Å². The quantitative estimate of drug-likeness (QED) is 0.727. The highest BCUT2D eigenvalue weighted by Crippen LogP contribution is 2.07. The minimum absolute atomic E-state index is 0.379. The molecule has 0 aliphatic carbocycles. The van der Waals surface area contributed by atoms with Crippen molar-refractivity contribution in [2.24, 2.45) is 0 Å². The van der Waals surface area contributed by atoms with Crippen LogP contribution < -0.4 is 10.1 Å². The summed E-state index contributed by atoms with van der Waals surface area (Å²) in [7, 11) is 0. The van der Waals surface area contributed by atoms with Crippen LogP contribution in [-0.2, 0) is 12.8 Å². The fourth-order valence-electron chi connectivity index (χ4n) is 1.47. The van der Waals surface area contributed by atoms with Crippen molar-refractivity contribution in [2.75, 3.05) is 13.2 Å². The van der Waals surface area contributed by atoms with E-state index in [0.717, 1.165) is 30.8 Å². The second-order valence-electron chi connectivity index (χ2n) is 4.15. The van der Waals surface area contributed by atoms with E-state index in [-0.39, 0.29) is 0 Å². The van der Waals surface area contributed by atoms with Crippen LogP contribution in [0.1, 0.15) is 39.1 Å². The lowest BCUT2D eigenvalue weighted by Crippen LogP contribution is -2.27. The van der Waals surface area contributed by atoms with E-state index in [1.807, 2.05) is 0 Å². The first-order valence-electron chi connectivity index (χ1n) is 6.26. The van der Waals surface area contributed by atoms with E-state index < -0.39 is 0 Å². The van der Waals surface area contributed by atoms with E-state index >= 15 is 0 Å². The van der Waals surface area contributed by atoms with Gasteiger partial charge in [0.2, 0.25) is 0 Å². The lowest BCUT2D eigenvalue weighted by atomic mass is 10.2. The predicted octanol–water partition coefficient (Wildman–Crippen LogP) is 1.37. The molecule has 1 aromatic rings. The minimum atomic E-state index is 0.379. The van der Waals surface area contributed by atoms with Crippen molar-refractivity contribution >= 4 is 0 Å². The molecule has 1 rings (SSSR count). The molecule has 1 aromatic heterocycles. The van der Waals surface area contributed by atoms with Crippen molar-refractivity contribution < 1.29 is 4.74 Å². The van der Waals surface area contributed by atoms with E-state index in [0.29, 0.717) is 18.7 Å². The topological polar surface area (TPSA) is 59.9 Å². The zero-order valence-electron chi connectivity index (χ0n) is 11.2. The Morgan fingerprint density at radius 3 is 2.41 bits per heavy atom. The molecule has 0 aromatic carbocycles. The van der Waals surface area contributed by atoms with Gasteiger partial charge in [-0.25, -0.2) is 0 Å². The van der Waals surface area contributed by atoms with Crippen LogP contribution in [-0.4, -0.2) is 34.4 Å². The monoisotopic (exact) mass is 238 g/mol. The molecule has 0 aliphatic heterocycles. The molecule has 17 heavy (non-hydrogen) atoms. The van der Waals surface area contributed by atoms with Gasteiger partial charge in [-0.2, -0.15) is 4.98 Å². The van der Waals surface area contributed by atoms with Crippen molar-refractivity contribution in [1.29, 1.82) is 0 Å². The SMILES string of the molecule is CCc1nnc(OCCNC(C)C)nc1CC. The van der Waals surface area contributed by atoms with Crippen molar-refractivity contribution in [1.82, 2.24) is 20.5 Å². The number of ether oxygens (including phenoxy) is 1. The fourth-order valence-corrected chi connectivity index (χ4v) is 1.47. The highest BCUT2D eigenvalue weighted by molar-refractivity contribution is 5.11. The summed E-state index contributed by atoms with van der Waals surface area (Å²) in [5, 5.41) is 11.4. The average molecular weight is 238 g/mol. The summed E-state index contributed by atoms with van der Waals surface area (Å²) in [6.07, 6.45) is 1.72. The summed E-state index contributed by atoms with van der Waals surface area (Å²) in [4.78, 5) is 4.36. The summed E-state index contributed by atoms with van der Waals surface area (Å²) in [5.41, 5.74) is 1.94. The molecule has 0 atom stereocenters. The minimum Gasteiger partial charge on any atom is -0.461 e. The third-order valence-corrected chi connectivity index (χ3v) is 2.38. The molecule has 0 saturated carbocycles. The van der Waals surface area contributed by atoms with Gasteiger partial charge in [0.1, 0.15) is 6.61 Å². The zero-order chi connectivity index (χ0) is 12.7. The number of aromatic nitrogens is 3. The van der Waals surface area contributed by atoms with Crippen LogP contribution in [0.3, 0.4) is 0 Å². The molecular weight excluding hydrogens is 216 g/mol. The molecule has 0 saturated heterocycles. The first kappa shape index (κ1) is 13.8. The second kappa shape index (κ2) is 7.17. The van der Waals surface area contributed by atoms with Crippen LogP contribution in [0.5, 0.6) is 6.01 Å². The van der Waals surface area contributed by atoms with Gasteiger partial charge in [0.15, 0.2) is 0 Å². The third-order valence-electron chi connectivity index (χ3n) is 2.38. The molecular formula is C12H22N4O. The summed E-state index contributed by atoms with van der Waals surface area (Å²) >= 11 is 0. The lowest BCUT2D eigenvalue weighted by molar-refractivity contribution is 0.280. The van der Waals surface area contributed by atoms with Crippen LogP contribution in [0.4, 0.5) is 0 Å².